The SMILES string of the molecule is O=C(O)C1CNC(c2cc3c(c(Cl)c2F)OCO3)C1. The van der Waals surface area contributed by atoms with E-state index in [0.29, 0.717) is 24.3 Å². The molecule has 0 amide bonds. The van der Waals surface area contributed by atoms with E-state index in [1.807, 2.05) is 0 Å². The zero-order valence-corrected chi connectivity index (χ0v) is 10.5. The summed E-state index contributed by atoms with van der Waals surface area (Å²) in [6.07, 6.45) is 0.322. The Labute approximate surface area is 113 Å². The largest absolute Gasteiger partial charge is 0.481 e. The molecule has 1 fully saturated rings. The van der Waals surface area contributed by atoms with Gasteiger partial charge in [-0.3, -0.25) is 4.79 Å². The molecule has 0 aromatic heterocycles. The van der Waals surface area contributed by atoms with Crippen molar-refractivity contribution in [3.63, 3.8) is 0 Å². The predicted octanol–water partition coefficient (Wildman–Crippen LogP) is 1.94. The van der Waals surface area contributed by atoms with Crippen molar-refractivity contribution in [2.45, 2.75) is 12.5 Å². The molecule has 2 N–H and O–H groups in total. The van der Waals surface area contributed by atoms with Gasteiger partial charge in [-0.05, 0) is 12.5 Å². The average molecular weight is 288 g/mol. The first-order chi connectivity index (χ1) is 9.08. The molecule has 0 bridgehead atoms. The zero-order valence-electron chi connectivity index (χ0n) is 9.78. The lowest BCUT2D eigenvalue weighted by molar-refractivity contribution is -0.141. The van der Waals surface area contributed by atoms with Crippen LogP contribution >= 0.6 is 11.6 Å². The number of carbonyl (C=O) groups is 1. The third kappa shape index (κ3) is 2.01. The molecule has 3 rings (SSSR count). The van der Waals surface area contributed by atoms with Crippen LogP contribution in [0.5, 0.6) is 11.5 Å². The maximum Gasteiger partial charge on any atom is 0.307 e. The van der Waals surface area contributed by atoms with Crippen LogP contribution in [0.15, 0.2) is 6.07 Å². The molecular formula is C12H11ClFNO4. The topological polar surface area (TPSA) is 67.8 Å². The third-order valence-corrected chi connectivity index (χ3v) is 3.77. The van der Waals surface area contributed by atoms with Crippen LogP contribution in [0.25, 0.3) is 0 Å². The number of ether oxygens (including phenoxy) is 2. The van der Waals surface area contributed by atoms with Crippen LogP contribution in [-0.2, 0) is 4.79 Å². The number of carboxylic acids is 1. The van der Waals surface area contributed by atoms with Gasteiger partial charge in [-0.1, -0.05) is 11.6 Å². The number of nitrogens with one attached hydrogen (secondary N) is 1. The lowest BCUT2D eigenvalue weighted by atomic mass is 9.99. The lowest BCUT2D eigenvalue weighted by Crippen LogP contribution is -2.17. The van der Waals surface area contributed by atoms with Crippen molar-refractivity contribution in [1.29, 1.82) is 0 Å². The van der Waals surface area contributed by atoms with Gasteiger partial charge in [-0.25, -0.2) is 4.39 Å². The summed E-state index contributed by atoms with van der Waals surface area (Å²) in [5, 5.41) is 11.8. The molecule has 2 atom stereocenters. The molecule has 2 unspecified atom stereocenters. The van der Waals surface area contributed by atoms with Crippen LogP contribution < -0.4 is 14.8 Å². The molecule has 5 nitrogen and oxygen atoms in total. The normalized spacial score (nSPS) is 24.7. The number of benzene rings is 1. The summed E-state index contributed by atoms with van der Waals surface area (Å²) in [6, 6.07) is 1.14. The molecule has 1 aromatic carbocycles. The Balaban J connectivity index is 1.94. The van der Waals surface area contributed by atoms with Crippen molar-refractivity contribution in [3.05, 3.63) is 22.5 Å². The lowest BCUT2D eigenvalue weighted by Gasteiger charge is -2.14. The van der Waals surface area contributed by atoms with Crippen molar-refractivity contribution in [1.82, 2.24) is 5.32 Å². The molecule has 1 saturated heterocycles. The Hall–Kier alpha value is -1.53. The van der Waals surface area contributed by atoms with Gasteiger partial charge in [-0.2, -0.15) is 0 Å². The minimum absolute atomic E-state index is 0.00773. The van der Waals surface area contributed by atoms with E-state index in [-0.39, 0.29) is 23.6 Å². The van der Waals surface area contributed by atoms with Crippen molar-refractivity contribution in [2.24, 2.45) is 5.92 Å². The molecule has 0 spiro atoms. The Morgan fingerprint density at radius 2 is 2.32 bits per heavy atom. The molecule has 7 heteroatoms. The Bertz CT molecular complexity index is 551. The first kappa shape index (κ1) is 12.5. The standard InChI is InChI=1S/C12H11ClFNO4/c13-9-10(14)6(2-8-11(9)19-4-18-8)7-1-5(3-15-7)12(16)17/h2,5,7,15H,1,3-4H2,(H,16,17). The summed E-state index contributed by atoms with van der Waals surface area (Å²) in [6.45, 7) is 0.319. The monoisotopic (exact) mass is 287 g/mol. The van der Waals surface area contributed by atoms with Crippen LogP contribution in [0, 0.1) is 11.7 Å². The number of fused-ring (bicyclic) bond motifs is 1. The van der Waals surface area contributed by atoms with Crippen LogP contribution in [0.1, 0.15) is 18.0 Å². The van der Waals surface area contributed by atoms with Crippen LogP contribution in [-0.4, -0.2) is 24.4 Å². The van der Waals surface area contributed by atoms with Crippen molar-refractivity contribution < 1.29 is 23.8 Å². The van der Waals surface area contributed by atoms with Gasteiger partial charge in [-0.15, -0.1) is 0 Å². The quantitative estimate of drug-likeness (QED) is 0.870. The van der Waals surface area contributed by atoms with Crippen molar-refractivity contribution in [2.75, 3.05) is 13.3 Å². The van der Waals surface area contributed by atoms with Gasteiger partial charge >= 0.3 is 5.97 Å². The molecule has 2 heterocycles. The number of hydrogen-bond acceptors (Lipinski definition) is 4. The predicted molar refractivity (Wildman–Crippen MR) is 64.0 cm³/mol. The molecule has 0 radical (unpaired) electrons. The van der Waals surface area contributed by atoms with Gasteiger partial charge in [0.2, 0.25) is 6.79 Å². The highest BCUT2D eigenvalue weighted by Gasteiger charge is 2.34. The minimum atomic E-state index is -0.887. The van der Waals surface area contributed by atoms with Gasteiger partial charge in [0, 0.05) is 18.2 Å². The van der Waals surface area contributed by atoms with E-state index in [9.17, 15) is 9.18 Å². The minimum Gasteiger partial charge on any atom is -0.481 e. The first-order valence-corrected chi connectivity index (χ1v) is 6.19. The fourth-order valence-corrected chi connectivity index (χ4v) is 2.67. The Morgan fingerprint density at radius 3 is 3.00 bits per heavy atom. The summed E-state index contributed by atoms with van der Waals surface area (Å²) in [7, 11) is 0. The molecule has 1 aromatic rings. The highest BCUT2D eigenvalue weighted by atomic mass is 35.5. The van der Waals surface area contributed by atoms with Crippen molar-refractivity contribution >= 4 is 17.6 Å². The van der Waals surface area contributed by atoms with Gasteiger partial charge in [0.25, 0.3) is 0 Å². The Kier molecular flexibility index (Phi) is 2.99. The number of halogens is 2. The molecule has 19 heavy (non-hydrogen) atoms. The molecule has 0 aliphatic carbocycles. The van der Waals surface area contributed by atoms with E-state index in [0.717, 1.165) is 0 Å². The molecule has 0 saturated carbocycles. The van der Waals surface area contributed by atoms with E-state index in [2.05, 4.69) is 5.32 Å². The van der Waals surface area contributed by atoms with Crippen LogP contribution in [0.3, 0.4) is 0 Å². The second-order valence-corrected chi connectivity index (χ2v) is 4.94. The van der Waals surface area contributed by atoms with Crippen LogP contribution in [0.4, 0.5) is 4.39 Å². The summed E-state index contributed by atoms with van der Waals surface area (Å²) < 4.78 is 24.5. The fourth-order valence-electron chi connectivity index (χ4n) is 2.41. The summed E-state index contributed by atoms with van der Waals surface area (Å²) >= 11 is 5.90. The van der Waals surface area contributed by atoms with Crippen molar-refractivity contribution in [3.8, 4) is 11.5 Å². The number of hydrogen-bond donors (Lipinski definition) is 2. The average Bonchev–Trinajstić information content (AvgIpc) is 3.01. The summed E-state index contributed by atoms with van der Waals surface area (Å²) in [4.78, 5) is 10.9. The Morgan fingerprint density at radius 1 is 1.53 bits per heavy atom. The number of rotatable bonds is 2. The van der Waals surface area contributed by atoms with Gasteiger partial charge in [0.1, 0.15) is 5.02 Å². The maximum absolute atomic E-state index is 14.2. The van der Waals surface area contributed by atoms with Gasteiger partial charge in [0.05, 0.1) is 5.92 Å². The molecule has 102 valence electrons. The third-order valence-electron chi connectivity index (χ3n) is 3.43. The van der Waals surface area contributed by atoms with Crippen LogP contribution in [0.2, 0.25) is 5.02 Å². The summed E-state index contributed by atoms with van der Waals surface area (Å²) in [5.41, 5.74) is 0.318. The fraction of sp³-hybridized carbons (Fsp3) is 0.417. The van der Waals surface area contributed by atoms with Gasteiger partial charge < -0.3 is 19.9 Å². The molecule has 2 aliphatic heterocycles. The number of aliphatic carboxylic acids is 1. The second kappa shape index (κ2) is 4.54. The van der Waals surface area contributed by atoms with E-state index in [4.69, 9.17) is 26.2 Å². The number of carboxylic acid groups (broad SMARTS) is 1. The second-order valence-electron chi connectivity index (χ2n) is 4.56. The van der Waals surface area contributed by atoms with E-state index >= 15 is 0 Å². The van der Waals surface area contributed by atoms with Gasteiger partial charge in [0.15, 0.2) is 17.3 Å². The highest BCUT2D eigenvalue weighted by Crippen LogP contribution is 2.44. The molecule has 2 aliphatic rings. The highest BCUT2D eigenvalue weighted by molar-refractivity contribution is 6.32. The van der Waals surface area contributed by atoms with E-state index in [1.165, 1.54) is 6.07 Å². The van der Waals surface area contributed by atoms with E-state index < -0.39 is 17.7 Å². The maximum atomic E-state index is 14.2. The first-order valence-electron chi connectivity index (χ1n) is 5.81. The summed E-state index contributed by atoms with van der Waals surface area (Å²) in [5.74, 6) is -1.40. The zero-order chi connectivity index (χ0) is 13.6. The molecular weight excluding hydrogens is 277 g/mol. The van der Waals surface area contributed by atoms with E-state index in [1.54, 1.807) is 0 Å². The smallest absolute Gasteiger partial charge is 0.307 e.